The van der Waals surface area contributed by atoms with Gasteiger partial charge in [0.15, 0.2) is 0 Å². The van der Waals surface area contributed by atoms with Gasteiger partial charge in [0.1, 0.15) is 4.21 Å². The molecule has 3 N–H and O–H groups in total. The van der Waals surface area contributed by atoms with Crippen LogP contribution in [0.5, 0.6) is 0 Å². The van der Waals surface area contributed by atoms with Crippen LogP contribution in [0, 0.1) is 0 Å². The number of halogens is 1. The van der Waals surface area contributed by atoms with E-state index in [-0.39, 0.29) is 4.21 Å². The summed E-state index contributed by atoms with van der Waals surface area (Å²) < 4.78 is 26.6. The fraction of sp³-hybridized carbons (Fsp3) is 0.167. The molecule has 0 aliphatic carbocycles. The highest BCUT2D eigenvalue weighted by Crippen LogP contribution is 2.21. The number of nitrogens with one attached hydrogen (secondary N) is 1. The third-order valence-electron chi connectivity index (χ3n) is 2.46. The van der Waals surface area contributed by atoms with Crippen molar-refractivity contribution in [3.8, 4) is 0 Å². The van der Waals surface area contributed by atoms with Crippen molar-refractivity contribution < 1.29 is 8.42 Å². The minimum atomic E-state index is -3.46. The van der Waals surface area contributed by atoms with E-state index in [0.29, 0.717) is 23.7 Å². The van der Waals surface area contributed by atoms with Crippen LogP contribution in [0.25, 0.3) is 0 Å². The first kappa shape index (κ1) is 14.3. The average molecular weight is 317 g/mol. The second-order valence-corrected chi connectivity index (χ2v) is 7.32. The Hall–Kier alpha value is -1.08. The molecule has 0 bridgehead atoms. The van der Waals surface area contributed by atoms with Gasteiger partial charge in [-0.25, -0.2) is 13.1 Å². The number of anilines is 1. The van der Waals surface area contributed by atoms with Crippen LogP contribution in [-0.4, -0.2) is 15.0 Å². The van der Waals surface area contributed by atoms with Crippen molar-refractivity contribution in [3.63, 3.8) is 0 Å². The Morgan fingerprint density at radius 3 is 2.74 bits per heavy atom. The molecule has 0 atom stereocenters. The summed E-state index contributed by atoms with van der Waals surface area (Å²) in [5, 5.41) is 2.25. The van der Waals surface area contributed by atoms with Crippen LogP contribution in [0.4, 0.5) is 5.69 Å². The summed E-state index contributed by atoms with van der Waals surface area (Å²) in [7, 11) is -3.46. The number of nitrogen functional groups attached to an aromatic ring is 1. The quantitative estimate of drug-likeness (QED) is 0.890. The fourth-order valence-electron chi connectivity index (χ4n) is 1.56. The first-order valence-corrected chi connectivity index (χ1v) is 8.29. The molecule has 2 aromatic rings. The molecule has 19 heavy (non-hydrogen) atoms. The van der Waals surface area contributed by atoms with E-state index in [1.807, 2.05) is 18.2 Å². The summed E-state index contributed by atoms with van der Waals surface area (Å²) in [6.45, 7) is 0.320. The second kappa shape index (κ2) is 5.92. The number of hydrogen-bond donors (Lipinski definition) is 2. The van der Waals surface area contributed by atoms with E-state index in [1.165, 1.54) is 6.07 Å². The highest BCUT2D eigenvalue weighted by atomic mass is 35.5. The molecule has 0 radical (unpaired) electrons. The SMILES string of the molecule is Nc1csc(S(=O)(=O)NCCc2cccc(Cl)c2)c1. The van der Waals surface area contributed by atoms with Gasteiger partial charge in [-0.3, -0.25) is 0 Å². The predicted molar refractivity (Wildman–Crippen MR) is 79.1 cm³/mol. The Morgan fingerprint density at radius 2 is 2.11 bits per heavy atom. The van der Waals surface area contributed by atoms with E-state index in [1.54, 1.807) is 11.4 Å². The molecule has 1 aromatic heterocycles. The molecule has 0 unspecified atom stereocenters. The van der Waals surface area contributed by atoms with Crippen LogP contribution < -0.4 is 10.5 Å². The summed E-state index contributed by atoms with van der Waals surface area (Å²) in [6, 6.07) is 8.80. The maximum Gasteiger partial charge on any atom is 0.250 e. The van der Waals surface area contributed by atoms with Crippen LogP contribution in [0.15, 0.2) is 39.9 Å². The lowest BCUT2D eigenvalue weighted by Gasteiger charge is -2.05. The molecule has 2 rings (SSSR count). The fourth-order valence-corrected chi connectivity index (χ4v) is 3.93. The van der Waals surface area contributed by atoms with E-state index in [2.05, 4.69) is 4.72 Å². The highest BCUT2D eigenvalue weighted by Gasteiger charge is 2.15. The molecule has 0 aliphatic heterocycles. The van der Waals surface area contributed by atoms with Gasteiger partial charge >= 0.3 is 0 Å². The standard InChI is InChI=1S/C12H13ClN2O2S2/c13-10-3-1-2-9(6-10)4-5-15-19(16,17)12-7-11(14)8-18-12/h1-3,6-8,15H,4-5,14H2. The molecule has 0 amide bonds. The van der Waals surface area contributed by atoms with Crippen molar-refractivity contribution in [1.82, 2.24) is 4.72 Å². The number of thiophene rings is 1. The lowest BCUT2D eigenvalue weighted by molar-refractivity contribution is 0.584. The molecular weight excluding hydrogens is 304 g/mol. The normalized spacial score (nSPS) is 11.6. The predicted octanol–water partition coefficient (Wildman–Crippen LogP) is 2.50. The first-order chi connectivity index (χ1) is 8.97. The van der Waals surface area contributed by atoms with Crippen molar-refractivity contribution in [1.29, 1.82) is 0 Å². The summed E-state index contributed by atoms with van der Waals surface area (Å²) in [5.74, 6) is 0. The van der Waals surface area contributed by atoms with E-state index in [0.717, 1.165) is 16.9 Å². The molecule has 0 saturated heterocycles. The van der Waals surface area contributed by atoms with Gasteiger partial charge in [0.05, 0.1) is 0 Å². The Labute approximate surface area is 121 Å². The maximum atomic E-state index is 11.9. The molecule has 0 fully saturated rings. The van der Waals surface area contributed by atoms with Gasteiger partial charge in [0, 0.05) is 22.6 Å². The highest BCUT2D eigenvalue weighted by molar-refractivity contribution is 7.91. The van der Waals surface area contributed by atoms with Crippen LogP contribution in [-0.2, 0) is 16.4 Å². The Morgan fingerprint density at radius 1 is 1.32 bits per heavy atom. The second-order valence-electron chi connectivity index (χ2n) is 3.98. The lowest BCUT2D eigenvalue weighted by Crippen LogP contribution is -2.25. The molecule has 102 valence electrons. The van der Waals surface area contributed by atoms with Crippen molar-refractivity contribution >= 4 is 38.6 Å². The molecule has 0 spiro atoms. The van der Waals surface area contributed by atoms with Crippen molar-refractivity contribution in [3.05, 3.63) is 46.3 Å². The number of hydrogen-bond acceptors (Lipinski definition) is 4. The summed E-state index contributed by atoms with van der Waals surface area (Å²) in [6.07, 6.45) is 0.584. The van der Waals surface area contributed by atoms with Crippen molar-refractivity contribution in [2.24, 2.45) is 0 Å². The minimum absolute atomic E-state index is 0.232. The third-order valence-corrected chi connectivity index (χ3v) is 5.61. The summed E-state index contributed by atoms with van der Waals surface area (Å²) in [5.41, 5.74) is 6.96. The molecule has 1 aromatic carbocycles. The van der Waals surface area contributed by atoms with E-state index >= 15 is 0 Å². The Kier molecular flexibility index (Phi) is 4.46. The average Bonchev–Trinajstić information content (AvgIpc) is 2.76. The summed E-state index contributed by atoms with van der Waals surface area (Å²) in [4.78, 5) is 0. The van der Waals surface area contributed by atoms with Crippen molar-refractivity contribution in [2.45, 2.75) is 10.6 Å². The number of rotatable bonds is 5. The number of benzene rings is 1. The minimum Gasteiger partial charge on any atom is -0.398 e. The largest absolute Gasteiger partial charge is 0.398 e. The van der Waals surface area contributed by atoms with Gasteiger partial charge in [-0.1, -0.05) is 23.7 Å². The molecule has 7 heteroatoms. The number of nitrogens with two attached hydrogens (primary N) is 1. The smallest absolute Gasteiger partial charge is 0.250 e. The van der Waals surface area contributed by atoms with E-state index in [9.17, 15) is 8.42 Å². The van der Waals surface area contributed by atoms with Gasteiger partial charge in [-0.2, -0.15) is 0 Å². The van der Waals surface area contributed by atoms with Crippen LogP contribution in [0.2, 0.25) is 5.02 Å². The van der Waals surface area contributed by atoms with Crippen LogP contribution in [0.1, 0.15) is 5.56 Å². The Balaban J connectivity index is 1.96. The molecule has 0 saturated carbocycles. The van der Waals surface area contributed by atoms with Gasteiger partial charge in [-0.05, 0) is 30.2 Å². The number of sulfonamides is 1. The van der Waals surface area contributed by atoms with Gasteiger partial charge < -0.3 is 5.73 Å². The monoisotopic (exact) mass is 316 g/mol. The van der Waals surface area contributed by atoms with Crippen LogP contribution >= 0.6 is 22.9 Å². The summed E-state index contributed by atoms with van der Waals surface area (Å²) >= 11 is 6.97. The van der Waals surface area contributed by atoms with Gasteiger partial charge in [0.25, 0.3) is 0 Å². The van der Waals surface area contributed by atoms with Crippen molar-refractivity contribution in [2.75, 3.05) is 12.3 Å². The zero-order valence-corrected chi connectivity index (χ0v) is 12.4. The first-order valence-electron chi connectivity index (χ1n) is 5.55. The Bertz CT molecular complexity index is 668. The maximum absolute atomic E-state index is 11.9. The third kappa shape index (κ3) is 3.94. The van der Waals surface area contributed by atoms with E-state index < -0.39 is 10.0 Å². The lowest BCUT2D eigenvalue weighted by atomic mass is 10.2. The molecular formula is C12H13ClN2O2S2. The molecule has 1 heterocycles. The van der Waals surface area contributed by atoms with Gasteiger partial charge in [-0.15, -0.1) is 11.3 Å². The van der Waals surface area contributed by atoms with Crippen LogP contribution in [0.3, 0.4) is 0 Å². The topological polar surface area (TPSA) is 72.2 Å². The molecule has 4 nitrogen and oxygen atoms in total. The van der Waals surface area contributed by atoms with Gasteiger partial charge in [0.2, 0.25) is 10.0 Å². The zero-order chi connectivity index (χ0) is 13.9. The molecule has 0 aliphatic rings. The zero-order valence-electron chi connectivity index (χ0n) is 9.97. The van der Waals surface area contributed by atoms with E-state index in [4.69, 9.17) is 17.3 Å².